The van der Waals surface area contributed by atoms with Crippen LogP contribution in [-0.4, -0.2) is 24.3 Å². The highest BCUT2D eigenvalue weighted by Gasteiger charge is 2.18. The van der Waals surface area contributed by atoms with Crippen LogP contribution in [0, 0.1) is 5.82 Å². The Morgan fingerprint density at radius 1 is 1.33 bits per heavy atom. The second kappa shape index (κ2) is 4.49. The smallest absolute Gasteiger partial charge is 0.124 e. The largest absolute Gasteiger partial charge is 0.393 e. The standard InChI is InChI=1S/C11H13BrFNO/c12-10-7-8(13)1-2-11(10)14-5-3-9(15)4-6-14/h1-2,7,9,15H,3-6H2. The molecule has 15 heavy (non-hydrogen) atoms. The molecule has 0 spiro atoms. The lowest BCUT2D eigenvalue weighted by atomic mass is 10.1. The van der Waals surface area contributed by atoms with Gasteiger partial charge in [0.25, 0.3) is 0 Å². The molecule has 1 aliphatic rings. The predicted octanol–water partition coefficient (Wildman–Crippen LogP) is 2.55. The number of piperidine rings is 1. The van der Waals surface area contributed by atoms with Crippen molar-refractivity contribution in [2.75, 3.05) is 18.0 Å². The summed E-state index contributed by atoms with van der Waals surface area (Å²) in [5, 5.41) is 9.39. The molecule has 1 heterocycles. The average Bonchev–Trinajstić information content (AvgIpc) is 2.20. The van der Waals surface area contributed by atoms with Crippen LogP contribution in [0.4, 0.5) is 10.1 Å². The molecule has 1 aromatic rings. The van der Waals surface area contributed by atoms with Crippen molar-refractivity contribution in [2.45, 2.75) is 18.9 Å². The summed E-state index contributed by atoms with van der Waals surface area (Å²) in [4.78, 5) is 2.16. The molecule has 0 atom stereocenters. The van der Waals surface area contributed by atoms with Gasteiger partial charge in [0, 0.05) is 17.6 Å². The lowest BCUT2D eigenvalue weighted by Gasteiger charge is -2.32. The highest BCUT2D eigenvalue weighted by atomic mass is 79.9. The number of anilines is 1. The van der Waals surface area contributed by atoms with E-state index in [1.54, 1.807) is 6.07 Å². The molecule has 1 saturated heterocycles. The topological polar surface area (TPSA) is 23.5 Å². The zero-order valence-corrected chi connectivity index (χ0v) is 9.87. The van der Waals surface area contributed by atoms with Crippen LogP contribution in [-0.2, 0) is 0 Å². The van der Waals surface area contributed by atoms with Gasteiger partial charge in [0.1, 0.15) is 5.82 Å². The number of aliphatic hydroxyl groups excluding tert-OH is 1. The number of nitrogens with zero attached hydrogens (tertiary/aromatic N) is 1. The van der Waals surface area contributed by atoms with Crippen molar-refractivity contribution in [3.05, 3.63) is 28.5 Å². The molecule has 0 amide bonds. The molecule has 1 fully saturated rings. The average molecular weight is 274 g/mol. The molecule has 0 aliphatic carbocycles. The van der Waals surface area contributed by atoms with E-state index in [0.29, 0.717) is 0 Å². The van der Waals surface area contributed by atoms with Gasteiger partial charge in [0.15, 0.2) is 0 Å². The molecule has 0 radical (unpaired) electrons. The van der Waals surface area contributed by atoms with Crippen LogP contribution < -0.4 is 4.90 Å². The van der Waals surface area contributed by atoms with E-state index >= 15 is 0 Å². The van der Waals surface area contributed by atoms with Gasteiger partial charge in [-0.25, -0.2) is 4.39 Å². The number of hydrogen-bond acceptors (Lipinski definition) is 2. The van der Waals surface area contributed by atoms with Gasteiger partial charge < -0.3 is 10.0 Å². The second-order valence-corrected chi connectivity index (χ2v) is 4.67. The molecular formula is C11H13BrFNO. The summed E-state index contributed by atoms with van der Waals surface area (Å²) in [6.07, 6.45) is 1.38. The summed E-state index contributed by atoms with van der Waals surface area (Å²) in [5.74, 6) is -0.234. The van der Waals surface area contributed by atoms with Crippen molar-refractivity contribution >= 4 is 21.6 Å². The van der Waals surface area contributed by atoms with E-state index in [9.17, 15) is 9.50 Å². The minimum Gasteiger partial charge on any atom is -0.393 e. The van der Waals surface area contributed by atoms with Crippen LogP contribution in [0.3, 0.4) is 0 Å². The fraction of sp³-hybridized carbons (Fsp3) is 0.455. The molecule has 1 N–H and O–H groups in total. The molecule has 0 bridgehead atoms. The molecule has 0 unspecified atom stereocenters. The highest BCUT2D eigenvalue weighted by molar-refractivity contribution is 9.10. The normalized spacial score (nSPS) is 18.2. The lowest BCUT2D eigenvalue weighted by molar-refractivity contribution is 0.145. The first-order chi connectivity index (χ1) is 7.16. The van der Waals surface area contributed by atoms with Crippen molar-refractivity contribution in [3.63, 3.8) is 0 Å². The Bertz CT molecular complexity index is 350. The van der Waals surface area contributed by atoms with Crippen LogP contribution >= 0.6 is 15.9 Å². The van der Waals surface area contributed by atoms with Crippen LogP contribution in [0.2, 0.25) is 0 Å². The minimum atomic E-state index is -0.234. The van der Waals surface area contributed by atoms with Gasteiger partial charge in [-0.2, -0.15) is 0 Å². The van der Waals surface area contributed by atoms with Crippen molar-refractivity contribution in [1.29, 1.82) is 0 Å². The Balaban J connectivity index is 2.15. The number of halogens is 2. The number of hydrogen-bond donors (Lipinski definition) is 1. The zero-order valence-electron chi connectivity index (χ0n) is 8.29. The lowest BCUT2D eigenvalue weighted by Crippen LogP contribution is -2.35. The van der Waals surface area contributed by atoms with E-state index in [0.717, 1.165) is 36.1 Å². The van der Waals surface area contributed by atoms with Gasteiger partial charge in [-0.15, -0.1) is 0 Å². The van der Waals surface area contributed by atoms with E-state index in [-0.39, 0.29) is 11.9 Å². The molecule has 2 rings (SSSR count). The molecule has 1 aliphatic heterocycles. The minimum absolute atomic E-state index is 0.180. The van der Waals surface area contributed by atoms with Crippen molar-refractivity contribution < 1.29 is 9.50 Å². The van der Waals surface area contributed by atoms with Gasteiger partial charge in [-0.3, -0.25) is 0 Å². The maximum absolute atomic E-state index is 12.9. The molecule has 0 aromatic heterocycles. The Hall–Kier alpha value is -0.610. The van der Waals surface area contributed by atoms with Crippen molar-refractivity contribution in [1.82, 2.24) is 0 Å². The number of benzene rings is 1. The fourth-order valence-corrected chi connectivity index (χ4v) is 2.45. The first-order valence-electron chi connectivity index (χ1n) is 5.05. The number of aliphatic hydroxyl groups is 1. The molecule has 1 aromatic carbocycles. The quantitative estimate of drug-likeness (QED) is 0.850. The van der Waals surface area contributed by atoms with Crippen molar-refractivity contribution in [2.24, 2.45) is 0 Å². The molecular weight excluding hydrogens is 261 g/mol. The predicted molar refractivity (Wildman–Crippen MR) is 61.6 cm³/mol. The van der Waals surface area contributed by atoms with Crippen molar-refractivity contribution in [3.8, 4) is 0 Å². The van der Waals surface area contributed by atoms with Gasteiger partial charge in [0.05, 0.1) is 11.8 Å². The number of rotatable bonds is 1. The molecule has 82 valence electrons. The van der Waals surface area contributed by atoms with Crippen LogP contribution in [0.25, 0.3) is 0 Å². The molecule has 0 saturated carbocycles. The van der Waals surface area contributed by atoms with Gasteiger partial charge in [-0.1, -0.05) is 0 Å². The van der Waals surface area contributed by atoms with E-state index < -0.39 is 0 Å². The summed E-state index contributed by atoms with van der Waals surface area (Å²) in [7, 11) is 0. The van der Waals surface area contributed by atoms with E-state index in [2.05, 4.69) is 20.8 Å². The van der Waals surface area contributed by atoms with Gasteiger partial charge >= 0.3 is 0 Å². The fourth-order valence-electron chi connectivity index (χ4n) is 1.84. The Kier molecular flexibility index (Phi) is 3.26. The third kappa shape index (κ3) is 2.49. The Labute approximate surface area is 96.8 Å². The summed E-state index contributed by atoms with van der Waals surface area (Å²) in [6, 6.07) is 4.71. The second-order valence-electron chi connectivity index (χ2n) is 3.81. The highest BCUT2D eigenvalue weighted by Crippen LogP contribution is 2.29. The van der Waals surface area contributed by atoms with Gasteiger partial charge in [0.2, 0.25) is 0 Å². The van der Waals surface area contributed by atoms with E-state index in [1.165, 1.54) is 12.1 Å². The summed E-state index contributed by atoms with van der Waals surface area (Å²) >= 11 is 3.35. The third-order valence-corrected chi connectivity index (χ3v) is 3.35. The SMILES string of the molecule is OC1CCN(c2ccc(F)cc2Br)CC1. The van der Waals surface area contributed by atoms with Crippen LogP contribution in [0.1, 0.15) is 12.8 Å². The first-order valence-corrected chi connectivity index (χ1v) is 5.84. The summed E-state index contributed by atoms with van der Waals surface area (Å²) < 4.78 is 13.7. The monoisotopic (exact) mass is 273 g/mol. The molecule has 4 heteroatoms. The zero-order chi connectivity index (χ0) is 10.8. The maximum atomic E-state index is 12.9. The Morgan fingerprint density at radius 2 is 2.00 bits per heavy atom. The van der Waals surface area contributed by atoms with Crippen LogP contribution in [0.5, 0.6) is 0 Å². The van der Waals surface area contributed by atoms with Gasteiger partial charge in [-0.05, 0) is 47.0 Å². The third-order valence-electron chi connectivity index (χ3n) is 2.71. The maximum Gasteiger partial charge on any atom is 0.124 e. The Morgan fingerprint density at radius 3 is 2.60 bits per heavy atom. The molecule has 2 nitrogen and oxygen atoms in total. The summed E-state index contributed by atoms with van der Waals surface area (Å²) in [6.45, 7) is 1.65. The summed E-state index contributed by atoms with van der Waals surface area (Å²) in [5.41, 5.74) is 1.00. The van der Waals surface area contributed by atoms with E-state index in [4.69, 9.17) is 0 Å². The van der Waals surface area contributed by atoms with E-state index in [1.807, 2.05) is 0 Å². The van der Waals surface area contributed by atoms with Crippen LogP contribution in [0.15, 0.2) is 22.7 Å². The first kappa shape index (κ1) is 10.9.